The number of alkyl halides is 3. The molecular formula is C21H27F3N4O. The normalized spacial score (nSPS) is 20.9. The van der Waals surface area contributed by atoms with Gasteiger partial charge in [-0.3, -0.25) is 9.78 Å². The number of nitrogens with zero attached hydrogens (tertiary/aromatic N) is 2. The highest BCUT2D eigenvalue weighted by Crippen LogP contribution is 2.38. The Morgan fingerprint density at radius 2 is 2.00 bits per heavy atom. The molecule has 3 N–H and O–H groups in total. The molecule has 2 atom stereocenters. The fraction of sp³-hybridized carbons (Fsp3) is 0.524. The van der Waals surface area contributed by atoms with Crippen LogP contribution in [0.15, 0.2) is 30.5 Å². The van der Waals surface area contributed by atoms with E-state index < -0.39 is 17.3 Å². The number of hydrogen-bond acceptors (Lipinski definition) is 5. The summed E-state index contributed by atoms with van der Waals surface area (Å²) in [6.07, 6.45) is -2.20. The minimum atomic E-state index is -4.46. The molecule has 1 aliphatic heterocycles. The Morgan fingerprint density at radius 3 is 2.66 bits per heavy atom. The molecule has 1 saturated heterocycles. The van der Waals surface area contributed by atoms with E-state index in [-0.39, 0.29) is 23.9 Å². The van der Waals surface area contributed by atoms with Gasteiger partial charge in [-0.15, -0.1) is 0 Å². The van der Waals surface area contributed by atoms with Crippen molar-refractivity contribution < 1.29 is 18.0 Å². The number of anilines is 1. The smallest absolute Gasteiger partial charge is 0.369 e. The molecule has 0 amide bonds. The Morgan fingerprint density at radius 1 is 1.28 bits per heavy atom. The molecule has 2 heterocycles. The van der Waals surface area contributed by atoms with Crippen molar-refractivity contribution in [2.45, 2.75) is 44.9 Å². The van der Waals surface area contributed by atoms with E-state index >= 15 is 0 Å². The Bertz CT molecular complexity index is 892. The highest BCUT2D eigenvalue weighted by molar-refractivity contribution is 5.94. The molecule has 3 rings (SSSR count). The van der Waals surface area contributed by atoms with Crippen LogP contribution >= 0.6 is 0 Å². The maximum Gasteiger partial charge on any atom is 0.418 e. The standard InChI is InChI=1S/C21H27F3N4O/c1-13-9-14(27-10-18(29)20(2,3)25)12-28(11-13)17-7-6-16(21(22,23)24)19-15(17)5-4-8-26-19/h4-8,13-14,27H,9-12,25H2,1-3H3/t13-,14+/m0/s1. The van der Waals surface area contributed by atoms with E-state index in [0.717, 1.165) is 24.7 Å². The summed E-state index contributed by atoms with van der Waals surface area (Å²) in [6.45, 7) is 6.94. The van der Waals surface area contributed by atoms with Gasteiger partial charge in [0, 0.05) is 36.4 Å². The van der Waals surface area contributed by atoms with Crippen LogP contribution in [0.3, 0.4) is 0 Å². The average Bonchev–Trinajstić information content (AvgIpc) is 2.63. The van der Waals surface area contributed by atoms with Crippen molar-refractivity contribution in [1.29, 1.82) is 0 Å². The summed E-state index contributed by atoms with van der Waals surface area (Å²) >= 11 is 0. The van der Waals surface area contributed by atoms with Gasteiger partial charge < -0.3 is 16.0 Å². The van der Waals surface area contributed by atoms with Crippen molar-refractivity contribution in [2.75, 3.05) is 24.5 Å². The monoisotopic (exact) mass is 408 g/mol. The number of hydrogen-bond donors (Lipinski definition) is 2. The van der Waals surface area contributed by atoms with Crippen molar-refractivity contribution in [3.63, 3.8) is 0 Å². The van der Waals surface area contributed by atoms with Gasteiger partial charge in [0.1, 0.15) is 0 Å². The van der Waals surface area contributed by atoms with Crippen molar-refractivity contribution >= 4 is 22.4 Å². The number of pyridine rings is 1. The second-order valence-electron chi connectivity index (χ2n) is 8.50. The maximum atomic E-state index is 13.4. The van der Waals surface area contributed by atoms with Crippen molar-refractivity contribution in [2.24, 2.45) is 11.7 Å². The van der Waals surface area contributed by atoms with Crippen LogP contribution in [0.1, 0.15) is 32.8 Å². The number of Topliss-reactive ketones (excluding diaryl/α,β-unsaturated/α-hetero) is 1. The van der Waals surface area contributed by atoms with Crippen LogP contribution in [0.5, 0.6) is 0 Å². The lowest BCUT2D eigenvalue weighted by molar-refractivity contribution is -0.136. The highest BCUT2D eigenvalue weighted by atomic mass is 19.4. The molecule has 1 aromatic heterocycles. The summed E-state index contributed by atoms with van der Waals surface area (Å²) in [6, 6.07) is 5.99. The molecule has 0 aliphatic carbocycles. The van der Waals surface area contributed by atoms with Gasteiger partial charge in [0.05, 0.1) is 23.2 Å². The van der Waals surface area contributed by atoms with Crippen molar-refractivity contribution in [1.82, 2.24) is 10.3 Å². The van der Waals surface area contributed by atoms with Crippen LogP contribution in [0.2, 0.25) is 0 Å². The van der Waals surface area contributed by atoms with E-state index in [2.05, 4.69) is 22.1 Å². The number of rotatable bonds is 5. The number of aromatic nitrogens is 1. The predicted molar refractivity (Wildman–Crippen MR) is 108 cm³/mol. The lowest BCUT2D eigenvalue weighted by atomic mass is 9.93. The number of benzene rings is 1. The number of carbonyl (C=O) groups is 1. The Kier molecular flexibility index (Phi) is 5.87. The van der Waals surface area contributed by atoms with Gasteiger partial charge in [0.25, 0.3) is 0 Å². The number of halogens is 3. The molecule has 1 aromatic carbocycles. The third-order valence-electron chi connectivity index (χ3n) is 5.32. The first kappa shape index (κ1) is 21.5. The zero-order valence-electron chi connectivity index (χ0n) is 16.9. The molecule has 1 aliphatic rings. The van der Waals surface area contributed by atoms with Crippen LogP contribution in [-0.4, -0.2) is 42.0 Å². The molecule has 5 nitrogen and oxygen atoms in total. The molecule has 8 heteroatoms. The van der Waals surface area contributed by atoms with Crippen LogP contribution in [0, 0.1) is 5.92 Å². The fourth-order valence-corrected chi connectivity index (χ4v) is 3.82. The topological polar surface area (TPSA) is 71.2 Å². The number of fused-ring (bicyclic) bond motifs is 1. The lowest BCUT2D eigenvalue weighted by Crippen LogP contribution is -2.53. The van der Waals surface area contributed by atoms with E-state index in [1.54, 1.807) is 26.0 Å². The second-order valence-corrected chi connectivity index (χ2v) is 8.50. The first-order valence-electron chi connectivity index (χ1n) is 9.72. The van der Waals surface area contributed by atoms with Gasteiger partial charge in [0.2, 0.25) is 0 Å². The summed E-state index contributed by atoms with van der Waals surface area (Å²) in [5.74, 6) is 0.239. The molecule has 2 aromatic rings. The summed E-state index contributed by atoms with van der Waals surface area (Å²) in [7, 11) is 0. The summed E-state index contributed by atoms with van der Waals surface area (Å²) in [5, 5.41) is 3.76. The zero-order valence-corrected chi connectivity index (χ0v) is 16.9. The first-order chi connectivity index (χ1) is 13.5. The molecule has 0 unspecified atom stereocenters. The van der Waals surface area contributed by atoms with Crippen LogP contribution in [0.4, 0.5) is 18.9 Å². The lowest BCUT2D eigenvalue weighted by Gasteiger charge is -2.39. The molecule has 158 valence electrons. The third-order valence-corrected chi connectivity index (χ3v) is 5.32. The summed E-state index contributed by atoms with van der Waals surface area (Å²) in [4.78, 5) is 18.2. The Labute approximate surface area is 168 Å². The van der Waals surface area contributed by atoms with Crippen molar-refractivity contribution in [3.05, 3.63) is 36.0 Å². The summed E-state index contributed by atoms with van der Waals surface area (Å²) in [5.41, 5.74) is 4.91. The van der Waals surface area contributed by atoms with Crippen LogP contribution in [0.25, 0.3) is 10.9 Å². The van der Waals surface area contributed by atoms with E-state index in [1.807, 2.05) is 0 Å². The van der Waals surface area contributed by atoms with Gasteiger partial charge in [-0.05, 0) is 50.5 Å². The molecular weight excluding hydrogens is 381 g/mol. The van der Waals surface area contributed by atoms with E-state index in [4.69, 9.17) is 5.73 Å². The highest BCUT2D eigenvalue weighted by Gasteiger charge is 2.35. The molecule has 0 saturated carbocycles. The van der Waals surface area contributed by atoms with E-state index in [9.17, 15) is 18.0 Å². The minimum Gasteiger partial charge on any atom is -0.369 e. The minimum absolute atomic E-state index is 0.0408. The van der Waals surface area contributed by atoms with Gasteiger partial charge in [-0.2, -0.15) is 13.2 Å². The first-order valence-corrected chi connectivity index (χ1v) is 9.72. The zero-order chi connectivity index (χ0) is 21.4. The Balaban J connectivity index is 1.86. The molecule has 0 bridgehead atoms. The Hall–Kier alpha value is -2.19. The maximum absolute atomic E-state index is 13.4. The van der Waals surface area contributed by atoms with Crippen molar-refractivity contribution in [3.8, 4) is 0 Å². The third kappa shape index (κ3) is 4.87. The molecule has 0 radical (unpaired) electrons. The number of nitrogens with one attached hydrogen (secondary N) is 1. The summed E-state index contributed by atoms with van der Waals surface area (Å²) < 4.78 is 40.1. The second kappa shape index (κ2) is 7.91. The quantitative estimate of drug-likeness (QED) is 0.794. The molecule has 0 spiro atoms. The van der Waals surface area contributed by atoms with Gasteiger partial charge >= 0.3 is 6.18 Å². The molecule has 29 heavy (non-hydrogen) atoms. The molecule has 1 fully saturated rings. The number of piperidine rings is 1. The number of nitrogens with two attached hydrogens (primary N) is 1. The van der Waals surface area contributed by atoms with Gasteiger partial charge in [-0.25, -0.2) is 0 Å². The number of ketones is 1. The van der Waals surface area contributed by atoms with E-state index in [0.29, 0.717) is 17.8 Å². The van der Waals surface area contributed by atoms with Gasteiger partial charge in [-0.1, -0.05) is 6.92 Å². The predicted octanol–water partition coefficient (Wildman–Crippen LogP) is 3.36. The largest absolute Gasteiger partial charge is 0.418 e. The van der Waals surface area contributed by atoms with Crippen LogP contribution < -0.4 is 16.0 Å². The SMILES string of the molecule is C[C@H]1C[C@@H](NCC(=O)C(C)(C)N)CN(c2ccc(C(F)(F)F)c3ncccc23)C1. The van der Waals surface area contributed by atoms with E-state index in [1.165, 1.54) is 12.3 Å². The fourth-order valence-electron chi connectivity index (χ4n) is 3.82. The van der Waals surface area contributed by atoms with Gasteiger partial charge in [0.15, 0.2) is 5.78 Å². The number of carbonyl (C=O) groups excluding carboxylic acids is 1. The van der Waals surface area contributed by atoms with Crippen LogP contribution in [-0.2, 0) is 11.0 Å². The average molecular weight is 408 g/mol.